The number of rotatable bonds is 3. The molecule has 0 radical (unpaired) electrons. The van der Waals surface area contributed by atoms with Crippen molar-refractivity contribution in [3.63, 3.8) is 0 Å². The summed E-state index contributed by atoms with van der Waals surface area (Å²) in [6.07, 6.45) is 3.59. The van der Waals surface area contributed by atoms with Gasteiger partial charge < -0.3 is 9.80 Å². The number of alkyl halides is 3. The molecule has 2 heterocycles. The van der Waals surface area contributed by atoms with Crippen LogP contribution < -0.4 is 4.90 Å². The number of halogens is 3. The zero-order valence-electron chi connectivity index (χ0n) is 19.3. The van der Waals surface area contributed by atoms with Gasteiger partial charge >= 0.3 is 6.18 Å². The zero-order chi connectivity index (χ0) is 24.6. The standard InChI is InChI=1S/C27H27F3N2O2S/c28-27(29,30)20-10-5-7-18(15-20)17-32-22-12-3-4-13-23(22)35-24(26(32)34)16-25(33)31-14-6-9-19-8-1-2-11-21(19)31/h3-5,7,10,12-13,15-16,19,21H,1-2,6,8-9,11,14,17H2/b24-16+/t19-,21+/m0/s1. The Labute approximate surface area is 207 Å². The van der Waals surface area contributed by atoms with Gasteiger partial charge in [0.15, 0.2) is 0 Å². The summed E-state index contributed by atoms with van der Waals surface area (Å²) in [4.78, 5) is 31.4. The maximum absolute atomic E-state index is 13.5. The molecule has 0 spiro atoms. The first-order valence-corrected chi connectivity index (χ1v) is 12.9. The predicted molar refractivity (Wildman–Crippen MR) is 130 cm³/mol. The van der Waals surface area contributed by atoms with Gasteiger partial charge in [0, 0.05) is 23.6 Å². The minimum absolute atomic E-state index is 0.0136. The molecule has 2 fully saturated rings. The van der Waals surface area contributed by atoms with Crippen LogP contribution in [0.2, 0.25) is 0 Å². The Hall–Kier alpha value is -2.74. The van der Waals surface area contributed by atoms with Gasteiger partial charge in [0.05, 0.1) is 22.7 Å². The first-order chi connectivity index (χ1) is 16.8. The van der Waals surface area contributed by atoms with Gasteiger partial charge in [0.25, 0.3) is 5.91 Å². The Kier molecular flexibility index (Phi) is 6.66. The molecular formula is C27H27F3N2O2S. The van der Waals surface area contributed by atoms with Gasteiger partial charge in [-0.05, 0) is 61.4 Å². The fraction of sp³-hybridized carbons (Fsp3) is 0.407. The molecule has 8 heteroatoms. The molecule has 1 saturated heterocycles. The number of carbonyl (C=O) groups is 2. The highest BCUT2D eigenvalue weighted by molar-refractivity contribution is 8.04. The topological polar surface area (TPSA) is 40.6 Å². The van der Waals surface area contributed by atoms with Crippen LogP contribution in [0.15, 0.2) is 64.4 Å². The van der Waals surface area contributed by atoms with E-state index in [2.05, 4.69) is 0 Å². The molecule has 35 heavy (non-hydrogen) atoms. The van der Waals surface area contributed by atoms with Crippen LogP contribution in [0.4, 0.5) is 18.9 Å². The molecule has 2 amide bonds. The maximum Gasteiger partial charge on any atom is 0.416 e. The molecule has 0 N–H and O–H groups in total. The number of carbonyl (C=O) groups excluding carboxylic acids is 2. The van der Waals surface area contributed by atoms with E-state index in [1.54, 1.807) is 18.2 Å². The largest absolute Gasteiger partial charge is 0.416 e. The number of benzene rings is 2. The van der Waals surface area contributed by atoms with Crippen molar-refractivity contribution in [3.05, 3.63) is 70.6 Å². The monoisotopic (exact) mass is 500 g/mol. The number of thioether (sulfide) groups is 1. The van der Waals surface area contributed by atoms with E-state index in [0.717, 1.165) is 49.1 Å². The van der Waals surface area contributed by atoms with Crippen molar-refractivity contribution in [2.24, 2.45) is 5.92 Å². The van der Waals surface area contributed by atoms with E-state index in [-0.39, 0.29) is 24.4 Å². The summed E-state index contributed by atoms with van der Waals surface area (Å²) in [7, 11) is 0. The highest BCUT2D eigenvalue weighted by Gasteiger charge is 2.37. The third kappa shape index (κ3) is 4.99. The number of hydrogen-bond acceptors (Lipinski definition) is 3. The Balaban J connectivity index is 1.43. The number of hydrogen-bond donors (Lipinski definition) is 0. The molecule has 2 atom stereocenters. The summed E-state index contributed by atoms with van der Waals surface area (Å²) < 4.78 is 39.7. The SMILES string of the molecule is O=C1/C(=C\C(=O)N2CCC[C@@H]3CCCC[C@H]32)Sc2ccccc2N1Cc1cccc(C(F)(F)F)c1. The van der Waals surface area contributed by atoms with Gasteiger partial charge in [-0.2, -0.15) is 13.2 Å². The van der Waals surface area contributed by atoms with Crippen LogP contribution in [0.5, 0.6) is 0 Å². The highest BCUT2D eigenvalue weighted by atomic mass is 32.2. The summed E-state index contributed by atoms with van der Waals surface area (Å²) in [6, 6.07) is 12.5. The summed E-state index contributed by atoms with van der Waals surface area (Å²) in [5, 5.41) is 0. The van der Waals surface area contributed by atoms with Gasteiger partial charge in [-0.15, -0.1) is 0 Å². The second-order valence-electron chi connectivity index (χ2n) is 9.45. The average molecular weight is 501 g/mol. The minimum Gasteiger partial charge on any atom is -0.336 e. The molecular weight excluding hydrogens is 473 g/mol. The van der Waals surface area contributed by atoms with Crippen LogP contribution in [0, 0.1) is 5.92 Å². The van der Waals surface area contributed by atoms with E-state index in [1.807, 2.05) is 17.0 Å². The van der Waals surface area contributed by atoms with Gasteiger partial charge in [0.1, 0.15) is 0 Å². The maximum atomic E-state index is 13.5. The molecule has 1 saturated carbocycles. The second kappa shape index (κ2) is 9.72. The minimum atomic E-state index is -4.46. The van der Waals surface area contributed by atoms with Crippen LogP contribution in [0.3, 0.4) is 0 Å². The van der Waals surface area contributed by atoms with Crippen LogP contribution in [0.25, 0.3) is 0 Å². The Morgan fingerprint density at radius 3 is 2.63 bits per heavy atom. The average Bonchev–Trinajstić information content (AvgIpc) is 2.86. The molecule has 2 aromatic rings. The molecule has 3 aliphatic rings. The third-order valence-corrected chi connectivity index (χ3v) is 8.29. The number of nitrogens with zero attached hydrogens (tertiary/aromatic N) is 2. The number of piperidine rings is 1. The Bertz CT molecular complexity index is 1160. The van der Waals surface area contributed by atoms with E-state index in [9.17, 15) is 22.8 Å². The lowest BCUT2D eigenvalue weighted by atomic mass is 9.78. The van der Waals surface area contributed by atoms with Crippen molar-refractivity contribution in [1.82, 2.24) is 4.90 Å². The molecule has 4 nitrogen and oxygen atoms in total. The number of para-hydroxylation sites is 1. The van der Waals surface area contributed by atoms with E-state index < -0.39 is 11.7 Å². The van der Waals surface area contributed by atoms with Crippen molar-refractivity contribution in [1.29, 1.82) is 0 Å². The smallest absolute Gasteiger partial charge is 0.336 e. The van der Waals surface area contributed by atoms with Crippen LogP contribution >= 0.6 is 11.8 Å². The van der Waals surface area contributed by atoms with Crippen LogP contribution in [-0.4, -0.2) is 29.3 Å². The van der Waals surface area contributed by atoms with Crippen molar-refractivity contribution < 1.29 is 22.8 Å². The molecule has 2 aromatic carbocycles. The number of anilines is 1. The normalized spacial score (nSPS) is 23.7. The molecule has 1 aliphatic carbocycles. The number of amides is 2. The molecule has 0 bridgehead atoms. The predicted octanol–water partition coefficient (Wildman–Crippen LogP) is 6.41. The van der Waals surface area contributed by atoms with Crippen molar-refractivity contribution in [2.75, 3.05) is 11.4 Å². The van der Waals surface area contributed by atoms with Crippen molar-refractivity contribution in [3.8, 4) is 0 Å². The van der Waals surface area contributed by atoms with Crippen LogP contribution in [0.1, 0.15) is 49.7 Å². The van der Waals surface area contributed by atoms with Crippen LogP contribution in [-0.2, 0) is 22.3 Å². The molecule has 184 valence electrons. The van der Waals surface area contributed by atoms with Gasteiger partial charge in [-0.25, -0.2) is 0 Å². The first-order valence-electron chi connectivity index (χ1n) is 12.1. The lowest BCUT2D eigenvalue weighted by molar-refractivity contribution is -0.137. The zero-order valence-corrected chi connectivity index (χ0v) is 20.1. The van der Waals surface area contributed by atoms with Gasteiger partial charge in [-0.3, -0.25) is 9.59 Å². The Morgan fingerprint density at radius 1 is 1.03 bits per heavy atom. The summed E-state index contributed by atoms with van der Waals surface area (Å²) >= 11 is 1.25. The first kappa shape index (κ1) is 24.0. The summed E-state index contributed by atoms with van der Waals surface area (Å²) in [5.74, 6) is 0.0280. The van der Waals surface area contributed by atoms with Gasteiger partial charge in [-0.1, -0.05) is 48.9 Å². The lowest BCUT2D eigenvalue weighted by Crippen LogP contribution is -2.49. The lowest BCUT2D eigenvalue weighted by Gasteiger charge is -2.43. The van der Waals surface area contributed by atoms with Crippen molar-refractivity contribution >= 4 is 29.3 Å². The molecule has 0 aromatic heterocycles. The highest BCUT2D eigenvalue weighted by Crippen LogP contribution is 2.43. The molecule has 2 aliphatic heterocycles. The summed E-state index contributed by atoms with van der Waals surface area (Å²) in [5.41, 5.74) is 0.261. The number of likely N-dealkylation sites (tertiary alicyclic amines) is 1. The van der Waals surface area contributed by atoms with E-state index in [0.29, 0.717) is 28.6 Å². The quantitative estimate of drug-likeness (QED) is 0.458. The molecule has 0 unspecified atom stereocenters. The fourth-order valence-corrected chi connectivity index (χ4v) is 6.56. The van der Waals surface area contributed by atoms with E-state index >= 15 is 0 Å². The Morgan fingerprint density at radius 2 is 1.80 bits per heavy atom. The summed E-state index contributed by atoms with van der Waals surface area (Å²) in [6.45, 7) is 0.688. The van der Waals surface area contributed by atoms with Crippen molar-refractivity contribution in [2.45, 2.75) is 62.2 Å². The third-order valence-electron chi connectivity index (χ3n) is 7.21. The molecule has 5 rings (SSSR count). The van der Waals surface area contributed by atoms with E-state index in [1.165, 1.54) is 35.2 Å². The van der Waals surface area contributed by atoms with Gasteiger partial charge in [0.2, 0.25) is 5.91 Å². The number of fused-ring (bicyclic) bond motifs is 2. The van der Waals surface area contributed by atoms with E-state index in [4.69, 9.17) is 0 Å². The second-order valence-corrected chi connectivity index (χ2v) is 10.5. The fourth-order valence-electron chi connectivity index (χ4n) is 5.54.